The Labute approximate surface area is 120 Å². The second kappa shape index (κ2) is 6.08. The molecule has 0 unspecified atom stereocenters. The Balaban J connectivity index is 1.69. The van der Waals surface area contributed by atoms with Gasteiger partial charge < -0.3 is 5.32 Å². The molecule has 1 aliphatic rings. The van der Waals surface area contributed by atoms with Crippen LogP contribution in [-0.2, 0) is 6.54 Å². The Kier molecular flexibility index (Phi) is 4.00. The van der Waals surface area contributed by atoms with Crippen LogP contribution in [0.1, 0.15) is 37.8 Å². The zero-order chi connectivity index (χ0) is 13.8. The van der Waals surface area contributed by atoms with Crippen molar-refractivity contribution in [2.24, 2.45) is 5.92 Å². The predicted molar refractivity (Wildman–Crippen MR) is 84.3 cm³/mol. The monoisotopic (exact) mass is 266 g/mol. The zero-order valence-corrected chi connectivity index (χ0v) is 11.9. The van der Waals surface area contributed by atoms with Gasteiger partial charge in [-0.05, 0) is 30.2 Å². The maximum absolute atomic E-state index is 4.52. The number of hydrogen-bond acceptors (Lipinski definition) is 2. The maximum atomic E-state index is 4.52. The van der Waals surface area contributed by atoms with E-state index < -0.39 is 0 Å². The van der Waals surface area contributed by atoms with Gasteiger partial charge in [0.2, 0.25) is 0 Å². The molecule has 2 nitrogen and oxygen atoms in total. The van der Waals surface area contributed by atoms with Gasteiger partial charge in [-0.25, -0.2) is 0 Å². The van der Waals surface area contributed by atoms with Gasteiger partial charge in [-0.2, -0.15) is 0 Å². The zero-order valence-electron chi connectivity index (χ0n) is 11.9. The van der Waals surface area contributed by atoms with Crippen molar-refractivity contribution in [1.29, 1.82) is 0 Å². The van der Waals surface area contributed by atoms with E-state index in [0.717, 1.165) is 12.2 Å². The van der Waals surface area contributed by atoms with E-state index in [4.69, 9.17) is 0 Å². The van der Waals surface area contributed by atoms with Gasteiger partial charge in [-0.15, -0.1) is 0 Å². The van der Waals surface area contributed by atoms with Crippen molar-refractivity contribution in [1.82, 2.24) is 10.3 Å². The molecular weight excluding hydrogens is 244 g/mol. The van der Waals surface area contributed by atoms with Crippen molar-refractivity contribution in [3.05, 3.63) is 54.5 Å². The quantitative estimate of drug-likeness (QED) is 0.886. The first-order chi connectivity index (χ1) is 9.84. The van der Waals surface area contributed by atoms with E-state index in [2.05, 4.69) is 47.2 Å². The number of aromatic nitrogens is 1. The van der Waals surface area contributed by atoms with Crippen LogP contribution >= 0.6 is 0 Å². The minimum Gasteiger partial charge on any atom is -0.383 e. The van der Waals surface area contributed by atoms with Crippen LogP contribution in [0, 0.1) is 5.92 Å². The summed E-state index contributed by atoms with van der Waals surface area (Å²) in [5, 5.41) is 5.99. The third kappa shape index (κ3) is 2.84. The second-order valence-electron chi connectivity index (χ2n) is 5.69. The lowest BCUT2D eigenvalue weighted by Gasteiger charge is -2.24. The highest BCUT2D eigenvalue weighted by molar-refractivity contribution is 5.84. The number of benzene rings is 1. The molecule has 1 aromatic carbocycles. The highest BCUT2D eigenvalue weighted by Crippen LogP contribution is 2.28. The van der Waals surface area contributed by atoms with E-state index in [9.17, 15) is 0 Å². The average Bonchev–Trinajstić information content (AvgIpc) is 2.53. The number of fused-ring (bicyclic) bond motifs is 1. The molecule has 2 aromatic rings. The molecule has 1 saturated carbocycles. The summed E-state index contributed by atoms with van der Waals surface area (Å²) in [5.74, 6) is 0.652. The van der Waals surface area contributed by atoms with E-state index in [0.29, 0.717) is 5.92 Å². The highest BCUT2D eigenvalue weighted by atomic mass is 14.9. The number of pyridine rings is 1. The number of nitrogens with zero attached hydrogens (tertiary/aromatic N) is 1. The van der Waals surface area contributed by atoms with Gasteiger partial charge in [-0.3, -0.25) is 4.98 Å². The van der Waals surface area contributed by atoms with Crippen LogP contribution in [0.2, 0.25) is 0 Å². The molecule has 20 heavy (non-hydrogen) atoms. The summed E-state index contributed by atoms with van der Waals surface area (Å²) >= 11 is 0. The molecule has 0 aliphatic heterocycles. The Morgan fingerprint density at radius 1 is 1.15 bits per heavy atom. The molecule has 1 aliphatic carbocycles. The van der Waals surface area contributed by atoms with Crippen molar-refractivity contribution in [3.63, 3.8) is 0 Å². The third-order valence-corrected chi connectivity index (χ3v) is 4.34. The number of nitrogens with one attached hydrogen (secondary N) is 1. The molecule has 0 amide bonds. The molecule has 1 N–H and O–H groups in total. The Morgan fingerprint density at radius 2 is 1.95 bits per heavy atom. The maximum Gasteiger partial charge on any atom is 0.0672 e. The summed E-state index contributed by atoms with van der Waals surface area (Å²) in [7, 11) is 0. The summed E-state index contributed by atoms with van der Waals surface area (Å²) < 4.78 is 0. The van der Waals surface area contributed by atoms with Gasteiger partial charge in [0.1, 0.15) is 0 Å². The number of allylic oxidation sites excluding steroid dienone is 1. The van der Waals surface area contributed by atoms with E-state index in [1.54, 1.807) is 0 Å². The molecular formula is C18H22N2. The smallest absolute Gasteiger partial charge is 0.0672 e. The molecule has 0 spiro atoms. The van der Waals surface area contributed by atoms with Gasteiger partial charge in [0.15, 0.2) is 0 Å². The molecule has 0 radical (unpaired) electrons. The number of rotatable bonds is 4. The summed E-state index contributed by atoms with van der Waals surface area (Å²) in [4.78, 5) is 4.52. The molecule has 3 rings (SSSR count). The van der Waals surface area contributed by atoms with E-state index in [-0.39, 0.29) is 0 Å². The van der Waals surface area contributed by atoms with Crippen molar-refractivity contribution in [2.75, 3.05) is 0 Å². The fourth-order valence-corrected chi connectivity index (χ4v) is 3.12. The summed E-state index contributed by atoms with van der Waals surface area (Å²) in [5.41, 5.74) is 2.31. The van der Waals surface area contributed by atoms with Crippen LogP contribution in [0.5, 0.6) is 0 Å². The van der Waals surface area contributed by atoms with Gasteiger partial charge in [0.05, 0.1) is 12.2 Å². The molecule has 2 heteroatoms. The van der Waals surface area contributed by atoms with E-state index >= 15 is 0 Å². The van der Waals surface area contributed by atoms with Crippen LogP contribution in [0.3, 0.4) is 0 Å². The standard InChI is InChI=1S/C18H22N2/c1-14(15-7-3-2-4-8-15)20-13-18-17-10-6-5-9-16(17)11-12-19-18/h5-6,9-12,15,20H,1-4,7-8,13H2. The molecule has 104 valence electrons. The molecule has 1 fully saturated rings. The largest absolute Gasteiger partial charge is 0.383 e. The third-order valence-electron chi connectivity index (χ3n) is 4.34. The lowest BCUT2D eigenvalue weighted by molar-refractivity contribution is 0.386. The van der Waals surface area contributed by atoms with Crippen molar-refractivity contribution >= 4 is 10.8 Å². The van der Waals surface area contributed by atoms with Crippen LogP contribution in [0.25, 0.3) is 10.8 Å². The minimum atomic E-state index is 0.652. The van der Waals surface area contributed by atoms with Gasteiger partial charge in [0, 0.05) is 17.3 Å². The van der Waals surface area contributed by atoms with Crippen LogP contribution in [-0.4, -0.2) is 4.98 Å². The molecule has 0 bridgehead atoms. The highest BCUT2D eigenvalue weighted by Gasteiger charge is 2.16. The van der Waals surface area contributed by atoms with Crippen LogP contribution in [0.4, 0.5) is 0 Å². The van der Waals surface area contributed by atoms with Gasteiger partial charge in [-0.1, -0.05) is 50.1 Å². The van der Waals surface area contributed by atoms with E-state index in [1.165, 1.54) is 48.6 Å². The lowest BCUT2D eigenvalue weighted by atomic mass is 9.87. The fraction of sp³-hybridized carbons (Fsp3) is 0.389. The molecule has 0 saturated heterocycles. The van der Waals surface area contributed by atoms with Crippen molar-refractivity contribution in [3.8, 4) is 0 Å². The SMILES string of the molecule is C=C(NCc1nccc2ccccc12)C1CCCCC1. The van der Waals surface area contributed by atoms with Crippen LogP contribution in [0.15, 0.2) is 48.8 Å². The topological polar surface area (TPSA) is 24.9 Å². The Bertz CT molecular complexity index is 592. The van der Waals surface area contributed by atoms with E-state index in [1.807, 2.05) is 6.20 Å². The Hall–Kier alpha value is -1.83. The molecule has 0 atom stereocenters. The first-order valence-electron chi connectivity index (χ1n) is 7.60. The summed E-state index contributed by atoms with van der Waals surface area (Å²) in [6, 6.07) is 10.5. The summed E-state index contributed by atoms with van der Waals surface area (Å²) in [6.45, 7) is 5.01. The average molecular weight is 266 g/mol. The lowest BCUT2D eigenvalue weighted by Crippen LogP contribution is -2.21. The summed E-state index contributed by atoms with van der Waals surface area (Å²) in [6.07, 6.45) is 8.54. The Morgan fingerprint density at radius 3 is 2.80 bits per heavy atom. The van der Waals surface area contributed by atoms with Crippen LogP contribution < -0.4 is 5.32 Å². The van der Waals surface area contributed by atoms with Gasteiger partial charge in [0.25, 0.3) is 0 Å². The molecule has 1 aromatic heterocycles. The fourth-order valence-electron chi connectivity index (χ4n) is 3.12. The molecule has 1 heterocycles. The predicted octanol–water partition coefficient (Wildman–Crippen LogP) is 4.42. The first kappa shape index (κ1) is 13.2. The normalized spacial score (nSPS) is 16.2. The minimum absolute atomic E-state index is 0.652. The second-order valence-corrected chi connectivity index (χ2v) is 5.69. The number of hydrogen-bond donors (Lipinski definition) is 1. The van der Waals surface area contributed by atoms with Gasteiger partial charge >= 0.3 is 0 Å². The first-order valence-corrected chi connectivity index (χ1v) is 7.60. The van der Waals surface area contributed by atoms with Crippen molar-refractivity contribution in [2.45, 2.75) is 38.6 Å². The van der Waals surface area contributed by atoms with Crippen molar-refractivity contribution < 1.29 is 0 Å².